The molecule has 74 valence electrons. The molecule has 0 nitrogen and oxygen atoms in total. The van der Waals surface area contributed by atoms with Crippen molar-refractivity contribution >= 4 is 0 Å². The molecular weight excluding hydrogens is 168 g/mol. The lowest BCUT2D eigenvalue weighted by Crippen LogP contribution is -2.25. The van der Waals surface area contributed by atoms with Crippen molar-refractivity contribution in [2.75, 3.05) is 0 Å². The van der Waals surface area contributed by atoms with E-state index in [1.165, 1.54) is 38.5 Å². The predicted octanol–water partition coefficient (Wildman–Crippen LogP) is 4.01. The van der Waals surface area contributed by atoms with Crippen molar-refractivity contribution in [2.45, 2.75) is 38.5 Å². The quantitative estimate of drug-likeness (QED) is 0.536. The first-order valence-electron chi connectivity index (χ1n) is 6.02. The molecule has 0 heteroatoms. The predicted molar refractivity (Wildman–Crippen MR) is 60.0 cm³/mol. The van der Waals surface area contributed by atoms with Crippen LogP contribution in [0.25, 0.3) is 0 Å². The van der Waals surface area contributed by atoms with Crippen LogP contribution in [0.2, 0.25) is 0 Å². The zero-order valence-electron chi connectivity index (χ0n) is 8.71. The van der Waals surface area contributed by atoms with Crippen LogP contribution in [0.3, 0.4) is 0 Å². The zero-order chi connectivity index (χ0) is 9.38. The molecule has 3 aliphatic carbocycles. The second-order valence-electron chi connectivity index (χ2n) is 4.85. The fraction of sp³-hybridized carbons (Fsp3) is 0.571. The number of hydrogen-bond donors (Lipinski definition) is 0. The summed E-state index contributed by atoms with van der Waals surface area (Å²) in [4.78, 5) is 0. The third-order valence-electron chi connectivity index (χ3n) is 4.07. The van der Waals surface area contributed by atoms with Crippen molar-refractivity contribution in [1.82, 2.24) is 0 Å². The van der Waals surface area contributed by atoms with Crippen LogP contribution >= 0.6 is 0 Å². The third-order valence-corrected chi connectivity index (χ3v) is 4.07. The summed E-state index contributed by atoms with van der Waals surface area (Å²) < 4.78 is 0. The van der Waals surface area contributed by atoms with Crippen LogP contribution in [0.1, 0.15) is 38.5 Å². The first-order valence-corrected chi connectivity index (χ1v) is 6.02. The Labute approximate surface area is 86.4 Å². The average molecular weight is 186 g/mol. The zero-order valence-corrected chi connectivity index (χ0v) is 8.71. The van der Waals surface area contributed by atoms with Crippen LogP contribution in [-0.4, -0.2) is 0 Å². The van der Waals surface area contributed by atoms with Crippen LogP contribution < -0.4 is 0 Å². The Morgan fingerprint density at radius 2 is 2.00 bits per heavy atom. The summed E-state index contributed by atoms with van der Waals surface area (Å²) in [7, 11) is 0. The maximum absolute atomic E-state index is 2.41. The number of rotatable bonds is 0. The first kappa shape index (κ1) is 8.52. The summed E-state index contributed by atoms with van der Waals surface area (Å²) in [6.07, 6.45) is 17.9. The summed E-state index contributed by atoms with van der Waals surface area (Å²) in [6.45, 7) is 0. The van der Waals surface area contributed by atoms with E-state index in [-0.39, 0.29) is 0 Å². The molecule has 0 heterocycles. The lowest BCUT2D eigenvalue weighted by Gasteiger charge is -2.37. The molecule has 0 amide bonds. The smallest absolute Gasteiger partial charge is 0.00934 e. The molecule has 0 radical (unpaired) electrons. The van der Waals surface area contributed by atoms with Gasteiger partial charge in [0.25, 0.3) is 0 Å². The van der Waals surface area contributed by atoms with Gasteiger partial charge in [0, 0.05) is 0 Å². The van der Waals surface area contributed by atoms with Crippen LogP contribution in [0.15, 0.2) is 35.5 Å². The molecular formula is C14H18. The highest BCUT2D eigenvalue weighted by atomic mass is 14.4. The van der Waals surface area contributed by atoms with Gasteiger partial charge in [0.2, 0.25) is 0 Å². The van der Waals surface area contributed by atoms with E-state index < -0.39 is 0 Å². The van der Waals surface area contributed by atoms with Crippen LogP contribution in [0, 0.1) is 11.8 Å². The first-order chi connectivity index (χ1) is 6.95. The van der Waals surface area contributed by atoms with Gasteiger partial charge in [-0.3, -0.25) is 0 Å². The van der Waals surface area contributed by atoms with Gasteiger partial charge in [0.05, 0.1) is 0 Å². The Balaban J connectivity index is 1.95. The highest BCUT2D eigenvalue weighted by molar-refractivity contribution is 5.37. The minimum absolute atomic E-state index is 0.875. The SMILES string of the molecule is C1=CC2=CC=C3CCCC[C@@H]3[C@@H]2CC1. The maximum atomic E-state index is 2.41. The Morgan fingerprint density at radius 3 is 3.00 bits per heavy atom. The number of hydrogen-bond acceptors (Lipinski definition) is 0. The van der Waals surface area contributed by atoms with E-state index in [4.69, 9.17) is 0 Å². The van der Waals surface area contributed by atoms with Crippen LogP contribution in [0.5, 0.6) is 0 Å². The summed E-state index contributed by atoms with van der Waals surface area (Å²) in [5, 5.41) is 0. The molecule has 3 rings (SSSR count). The lowest BCUT2D eigenvalue weighted by molar-refractivity contribution is 0.332. The van der Waals surface area contributed by atoms with Crippen molar-refractivity contribution in [1.29, 1.82) is 0 Å². The number of fused-ring (bicyclic) bond motifs is 3. The highest BCUT2D eigenvalue weighted by Gasteiger charge is 2.31. The summed E-state index contributed by atoms with van der Waals surface area (Å²) in [5.74, 6) is 1.79. The highest BCUT2D eigenvalue weighted by Crippen LogP contribution is 2.44. The molecule has 0 saturated heterocycles. The molecule has 0 aromatic carbocycles. The van der Waals surface area contributed by atoms with Gasteiger partial charge in [0.15, 0.2) is 0 Å². The van der Waals surface area contributed by atoms with E-state index >= 15 is 0 Å². The second-order valence-corrected chi connectivity index (χ2v) is 4.85. The van der Waals surface area contributed by atoms with E-state index in [9.17, 15) is 0 Å². The Bertz CT molecular complexity index is 317. The maximum Gasteiger partial charge on any atom is -0.00934 e. The van der Waals surface area contributed by atoms with E-state index in [0.717, 1.165) is 11.8 Å². The van der Waals surface area contributed by atoms with Crippen molar-refractivity contribution in [3.63, 3.8) is 0 Å². The van der Waals surface area contributed by atoms with Gasteiger partial charge in [-0.2, -0.15) is 0 Å². The summed E-state index contributed by atoms with van der Waals surface area (Å²) in [5.41, 5.74) is 3.35. The molecule has 0 aromatic heterocycles. The Hall–Kier alpha value is -0.780. The van der Waals surface area contributed by atoms with Crippen molar-refractivity contribution in [3.8, 4) is 0 Å². The van der Waals surface area contributed by atoms with Crippen molar-refractivity contribution in [2.24, 2.45) is 11.8 Å². The minimum Gasteiger partial charge on any atom is -0.0842 e. The molecule has 0 unspecified atom stereocenters. The van der Waals surface area contributed by atoms with Gasteiger partial charge in [-0.05, 0) is 49.5 Å². The standard InChI is InChI=1S/C14H18/c1-3-7-13-11(5-1)9-10-12-6-2-4-8-14(12)13/h1,5,9-10,13-14H,2-4,6-8H2/t13-,14+/m1/s1. The van der Waals surface area contributed by atoms with Crippen LogP contribution in [0.4, 0.5) is 0 Å². The van der Waals surface area contributed by atoms with Crippen molar-refractivity contribution < 1.29 is 0 Å². The fourth-order valence-electron chi connectivity index (χ4n) is 3.33. The molecule has 0 spiro atoms. The topological polar surface area (TPSA) is 0 Å². The molecule has 0 aromatic rings. The van der Waals surface area contributed by atoms with E-state index in [0.29, 0.717) is 0 Å². The van der Waals surface area contributed by atoms with Gasteiger partial charge >= 0.3 is 0 Å². The average Bonchev–Trinajstić information content (AvgIpc) is 2.29. The third kappa shape index (κ3) is 1.28. The van der Waals surface area contributed by atoms with Gasteiger partial charge in [-0.1, -0.05) is 36.3 Å². The molecule has 1 saturated carbocycles. The molecule has 0 N–H and O–H groups in total. The monoisotopic (exact) mass is 186 g/mol. The Morgan fingerprint density at radius 1 is 1.00 bits per heavy atom. The van der Waals surface area contributed by atoms with Crippen molar-refractivity contribution in [3.05, 3.63) is 35.5 Å². The van der Waals surface area contributed by atoms with Crippen LogP contribution in [-0.2, 0) is 0 Å². The lowest BCUT2D eigenvalue weighted by atomic mass is 9.68. The molecule has 1 fully saturated rings. The number of allylic oxidation sites excluding steroid dienone is 6. The van der Waals surface area contributed by atoms with E-state index in [1.807, 2.05) is 0 Å². The van der Waals surface area contributed by atoms with E-state index in [1.54, 1.807) is 11.1 Å². The largest absolute Gasteiger partial charge is 0.0842 e. The molecule has 3 aliphatic rings. The minimum atomic E-state index is 0.875. The van der Waals surface area contributed by atoms with Gasteiger partial charge in [0.1, 0.15) is 0 Å². The summed E-state index contributed by atoms with van der Waals surface area (Å²) in [6, 6.07) is 0. The molecule has 0 aliphatic heterocycles. The Kier molecular flexibility index (Phi) is 2.08. The molecule has 2 atom stereocenters. The normalized spacial score (nSPS) is 35.4. The summed E-state index contributed by atoms with van der Waals surface area (Å²) >= 11 is 0. The van der Waals surface area contributed by atoms with Gasteiger partial charge in [-0.25, -0.2) is 0 Å². The molecule has 0 bridgehead atoms. The second kappa shape index (κ2) is 3.42. The van der Waals surface area contributed by atoms with Gasteiger partial charge < -0.3 is 0 Å². The fourth-order valence-corrected chi connectivity index (χ4v) is 3.33. The van der Waals surface area contributed by atoms with Gasteiger partial charge in [-0.15, -0.1) is 0 Å². The van der Waals surface area contributed by atoms with E-state index in [2.05, 4.69) is 24.3 Å². The molecule has 14 heavy (non-hydrogen) atoms.